The third kappa shape index (κ3) is 3.80. The molecule has 21 heavy (non-hydrogen) atoms. The molecule has 6 heteroatoms. The first-order valence-corrected chi connectivity index (χ1v) is 8.06. The maximum Gasteiger partial charge on any atom is 0.230 e. The van der Waals surface area contributed by atoms with E-state index >= 15 is 0 Å². The maximum atomic E-state index is 12.5. The van der Waals surface area contributed by atoms with Gasteiger partial charge in [-0.2, -0.15) is 12.6 Å². The summed E-state index contributed by atoms with van der Waals surface area (Å²) in [6, 6.07) is 0.123. The summed E-state index contributed by atoms with van der Waals surface area (Å²) in [5.74, 6) is -1.78. The van der Waals surface area contributed by atoms with Crippen LogP contribution in [0.3, 0.4) is 0 Å². The van der Waals surface area contributed by atoms with E-state index in [1.54, 1.807) is 0 Å². The van der Waals surface area contributed by atoms with Crippen LogP contribution in [0.5, 0.6) is 0 Å². The highest BCUT2D eigenvalue weighted by molar-refractivity contribution is 7.80. The van der Waals surface area contributed by atoms with Crippen LogP contribution in [0.2, 0.25) is 0 Å². The highest BCUT2D eigenvalue weighted by Crippen LogP contribution is 2.35. The second kappa shape index (κ2) is 7.84. The minimum absolute atomic E-state index is 0.110. The van der Waals surface area contributed by atoms with Gasteiger partial charge in [0.15, 0.2) is 0 Å². The number of carbonyl (C=O) groups is 2. The van der Waals surface area contributed by atoms with Crippen LogP contribution in [0.15, 0.2) is 12.7 Å². The van der Waals surface area contributed by atoms with Gasteiger partial charge in [-0.3, -0.25) is 9.59 Å². The van der Waals surface area contributed by atoms with E-state index in [1.807, 2.05) is 0 Å². The predicted molar refractivity (Wildman–Crippen MR) is 85.9 cm³/mol. The van der Waals surface area contributed by atoms with Crippen molar-refractivity contribution in [1.82, 2.24) is 5.32 Å². The van der Waals surface area contributed by atoms with Crippen molar-refractivity contribution in [2.75, 3.05) is 5.75 Å². The number of aliphatic hydroxyl groups excluding tert-OH is 1. The van der Waals surface area contributed by atoms with Gasteiger partial charge in [-0.05, 0) is 19.8 Å². The zero-order chi connectivity index (χ0) is 16.0. The Labute approximate surface area is 131 Å². The Morgan fingerprint density at radius 2 is 2.05 bits per heavy atom. The van der Waals surface area contributed by atoms with E-state index in [0.717, 1.165) is 25.7 Å². The van der Waals surface area contributed by atoms with Crippen LogP contribution in [-0.4, -0.2) is 34.8 Å². The van der Waals surface area contributed by atoms with Crippen molar-refractivity contribution in [3.8, 4) is 0 Å². The molecule has 5 nitrogen and oxygen atoms in total. The molecule has 0 radical (unpaired) electrons. The highest BCUT2D eigenvalue weighted by atomic mass is 32.1. The molecule has 120 valence electrons. The number of hydrogen-bond donors (Lipinski definition) is 4. The van der Waals surface area contributed by atoms with Gasteiger partial charge in [0.25, 0.3) is 0 Å². The average molecular weight is 314 g/mol. The molecular weight excluding hydrogens is 288 g/mol. The number of rotatable bonds is 7. The number of primary amides is 1. The molecule has 0 aromatic carbocycles. The monoisotopic (exact) mass is 314 g/mol. The van der Waals surface area contributed by atoms with Crippen LogP contribution < -0.4 is 11.1 Å². The lowest BCUT2D eigenvalue weighted by molar-refractivity contribution is -0.142. The van der Waals surface area contributed by atoms with Gasteiger partial charge in [-0.15, -0.1) is 6.58 Å². The van der Waals surface area contributed by atoms with Gasteiger partial charge in [0.2, 0.25) is 11.8 Å². The molecule has 3 atom stereocenters. The third-order valence-electron chi connectivity index (χ3n) is 4.48. The largest absolute Gasteiger partial charge is 0.392 e. The molecule has 0 heterocycles. The Morgan fingerprint density at radius 1 is 1.48 bits per heavy atom. The van der Waals surface area contributed by atoms with E-state index in [-0.39, 0.29) is 17.7 Å². The van der Waals surface area contributed by atoms with E-state index in [2.05, 4.69) is 24.5 Å². The Hall–Kier alpha value is -1.01. The minimum Gasteiger partial charge on any atom is -0.392 e. The quantitative estimate of drug-likeness (QED) is 0.417. The Bertz CT molecular complexity index is 394. The third-order valence-corrected chi connectivity index (χ3v) is 4.85. The summed E-state index contributed by atoms with van der Waals surface area (Å²) in [4.78, 5) is 24.4. The SMILES string of the molecule is C=CC(C(N)=O)([C@@H](C)O)[C@@H](CS)C(=O)NC1CCCCC1. The van der Waals surface area contributed by atoms with Crippen molar-refractivity contribution in [3.63, 3.8) is 0 Å². The van der Waals surface area contributed by atoms with Gasteiger partial charge < -0.3 is 16.2 Å². The molecule has 1 unspecified atom stereocenters. The molecule has 0 aromatic rings. The highest BCUT2D eigenvalue weighted by Gasteiger charge is 2.49. The van der Waals surface area contributed by atoms with Gasteiger partial charge in [0.05, 0.1) is 12.0 Å². The summed E-state index contributed by atoms with van der Waals surface area (Å²) in [6.07, 6.45) is 5.43. The van der Waals surface area contributed by atoms with Crippen LogP contribution in [0.4, 0.5) is 0 Å². The molecule has 0 aromatic heterocycles. The van der Waals surface area contributed by atoms with Crippen LogP contribution in [0, 0.1) is 11.3 Å². The molecule has 1 aliphatic carbocycles. The van der Waals surface area contributed by atoms with Gasteiger partial charge in [0.1, 0.15) is 5.41 Å². The second-order valence-electron chi connectivity index (χ2n) is 5.76. The van der Waals surface area contributed by atoms with Crippen molar-refractivity contribution in [1.29, 1.82) is 0 Å². The smallest absolute Gasteiger partial charge is 0.230 e. The van der Waals surface area contributed by atoms with Crippen LogP contribution in [0.1, 0.15) is 39.0 Å². The predicted octanol–water partition coefficient (Wildman–Crippen LogP) is 1.02. The number of hydrogen-bond acceptors (Lipinski definition) is 4. The van der Waals surface area contributed by atoms with Gasteiger partial charge >= 0.3 is 0 Å². The first-order valence-electron chi connectivity index (χ1n) is 7.43. The van der Waals surface area contributed by atoms with Crippen molar-refractivity contribution in [3.05, 3.63) is 12.7 Å². The fourth-order valence-corrected chi connectivity index (χ4v) is 3.55. The lowest BCUT2D eigenvalue weighted by atomic mass is 9.71. The summed E-state index contributed by atoms with van der Waals surface area (Å²) < 4.78 is 0. The molecule has 4 N–H and O–H groups in total. The van der Waals surface area contributed by atoms with Crippen LogP contribution in [-0.2, 0) is 9.59 Å². The summed E-state index contributed by atoms with van der Waals surface area (Å²) in [5, 5.41) is 13.0. The van der Waals surface area contributed by atoms with E-state index in [4.69, 9.17) is 5.73 Å². The van der Waals surface area contributed by atoms with E-state index < -0.39 is 23.3 Å². The summed E-state index contributed by atoms with van der Waals surface area (Å²) in [5.41, 5.74) is 3.95. The molecule has 0 aliphatic heterocycles. The second-order valence-corrected chi connectivity index (χ2v) is 6.12. The van der Waals surface area contributed by atoms with E-state index in [0.29, 0.717) is 0 Å². The first kappa shape index (κ1) is 18.0. The van der Waals surface area contributed by atoms with Gasteiger partial charge in [-0.25, -0.2) is 0 Å². The zero-order valence-corrected chi connectivity index (χ0v) is 13.4. The summed E-state index contributed by atoms with van der Waals surface area (Å²) in [7, 11) is 0. The zero-order valence-electron chi connectivity index (χ0n) is 12.5. The number of thiol groups is 1. The molecule has 0 saturated heterocycles. The number of carbonyl (C=O) groups excluding carboxylic acids is 2. The fraction of sp³-hybridized carbons (Fsp3) is 0.733. The molecule has 1 rings (SSSR count). The number of nitrogens with two attached hydrogens (primary N) is 1. The van der Waals surface area contributed by atoms with Crippen LogP contribution in [0.25, 0.3) is 0 Å². The van der Waals surface area contributed by atoms with Gasteiger partial charge in [-0.1, -0.05) is 25.3 Å². The molecular formula is C15H26N2O3S. The van der Waals surface area contributed by atoms with Crippen LogP contribution >= 0.6 is 12.6 Å². The number of amides is 2. The van der Waals surface area contributed by atoms with Crippen molar-refractivity contribution in [2.45, 2.75) is 51.2 Å². The van der Waals surface area contributed by atoms with Crippen molar-refractivity contribution >= 4 is 24.4 Å². The topological polar surface area (TPSA) is 92.4 Å². The Balaban J connectivity index is 2.94. The molecule has 1 fully saturated rings. The number of nitrogens with one attached hydrogen (secondary N) is 1. The molecule has 2 amide bonds. The Morgan fingerprint density at radius 3 is 2.43 bits per heavy atom. The number of aliphatic hydroxyl groups is 1. The normalized spacial score (nSPS) is 21.9. The molecule has 1 saturated carbocycles. The lowest BCUT2D eigenvalue weighted by Gasteiger charge is -2.37. The van der Waals surface area contributed by atoms with Crippen molar-refractivity contribution < 1.29 is 14.7 Å². The average Bonchev–Trinajstić information content (AvgIpc) is 2.44. The van der Waals surface area contributed by atoms with Gasteiger partial charge in [0, 0.05) is 11.8 Å². The van der Waals surface area contributed by atoms with E-state index in [9.17, 15) is 14.7 Å². The summed E-state index contributed by atoms with van der Waals surface area (Å²) in [6.45, 7) is 5.04. The summed E-state index contributed by atoms with van der Waals surface area (Å²) >= 11 is 4.18. The minimum atomic E-state index is -1.50. The van der Waals surface area contributed by atoms with Crippen molar-refractivity contribution in [2.24, 2.45) is 17.1 Å². The Kier molecular flexibility index (Phi) is 6.74. The molecule has 0 spiro atoms. The maximum absolute atomic E-state index is 12.5. The fourth-order valence-electron chi connectivity index (χ4n) is 3.08. The van der Waals surface area contributed by atoms with E-state index in [1.165, 1.54) is 19.4 Å². The molecule has 0 bridgehead atoms. The lowest BCUT2D eigenvalue weighted by Crippen LogP contribution is -2.56. The first-order chi connectivity index (χ1) is 9.90. The standard InChI is InChI=1S/C15H26N2O3S/c1-3-15(10(2)18,14(16)20)12(9-21)13(19)17-11-7-5-4-6-8-11/h3,10-12,18,21H,1,4-9H2,2H3,(H2,16,20)(H,17,19)/t10-,12+,15?/m1/s1. The molecule has 1 aliphatic rings.